The maximum absolute atomic E-state index is 15.6. The van der Waals surface area contributed by atoms with E-state index in [1.807, 2.05) is 0 Å². The number of primary amides is 1. The van der Waals surface area contributed by atoms with Gasteiger partial charge in [0.1, 0.15) is 12.0 Å². The topological polar surface area (TPSA) is 137 Å². The van der Waals surface area contributed by atoms with Crippen LogP contribution in [0.4, 0.5) is 17.6 Å². The third kappa shape index (κ3) is 5.57. The van der Waals surface area contributed by atoms with Crippen molar-refractivity contribution in [3.05, 3.63) is 46.2 Å². The minimum Gasteiger partial charge on any atom is -0.389 e. The number of amides is 1. The highest BCUT2D eigenvalue weighted by Crippen LogP contribution is 2.43. The molecule has 1 aromatic carbocycles. The lowest BCUT2D eigenvalue weighted by Gasteiger charge is -2.23. The van der Waals surface area contributed by atoms with Gasteiger partial charge in [0.15, 0.2) is 0 Å². The Hall–Kier alpha value is -2.66. The Bertz CT molecular complexity index is 901. The second-order valence-corrected chi connectivity index (χ2v) is 8.15. The van der Waals surface area contributed by atoms with Crippen molar-refractivity contribution in [2.75, 3.05) is 13.6 Å². The molecule has 0 saturated heterocycles. The normalized spacial score (nSPS) is 21.0. The SMILES string of the molecule is CNC1=C(C(=N)N)[C@H](C(F)c2cc([C@@H](CNC(C)C)C(N)=O)cc(C(F)(F)F)c2)CC1O. The summed E-state index contributed by atoms with van der Waals surface area (Å²) in [6.07, 6.45) is -8.10. The minimum absolute atomic E-state index is 0.0133. The van der Waals surface area contributed by atoms with Gasteiger partial charge in [0.2, 0.25) is 5.91 Å². The number of rotatable bonds is 9. The summed E-state index contributed by atoms with van der Waals surface area (Å²) in [4.78, 5) is 12.0. The Labute approximate surface area is 183 Å². The van der Waals surface area contributed by atoms with Crippen molar-refractivity contribution in [3.63, 3.8) is 0 Å². The van der Waals surface area contributed by atoms with E-state index in [0.29, 0.717) is 6.07 Å². The Morgan fingerprint density at radius 3 is 2.31 bits per heavy atom. The molecule has 1 aromatic rings. The molecule has 0 fully saturated rings. The standard InChI is InChI=1S/C21H29F4N5O2/c1-9(2)30-8-14(20(28)32)10-4-11(6-12(5-10)21(23,24)25)17(22)13-7-15(31)18(29-3)16(13)19(26)27/h4-6,9,13-15,17,29-31H,7-8H2,1-3H3,(H3,26,27)(H2,28,32)/t13-,14-,15?,17?/m1/s1. The van der Waals surface area contributed by atoms with Gasteiger partial charge in [-0.05, 0) is 29.7 Å². The van der Waals surface area contributed by atoms with E-state index in [2.05, 4.69) is 10.6 Å². The van der Waals surface area contributed by atoms with Crippen LogP contribution >= 0.6 is 0 Å². The molecule has 1 aliphatic carbocycles. The van der Waals surface area contributed by atoms with Crippen LogP contribution in [-0.4, -0.2) is 42.6 Å². The van der Waals surface area contributed by atoms with Crippen LogP contribution in [0.15, 0.2) is 29.5 Å². The number of nitrogens with two attached hydrogens (primary N) is 2. The molecule has 0 radical (unpaired) electrons. The van der Waals surface area contributed by atoms with Crippen molar-refractivity contribution in [2.24, 2.45) is 17.4 Å². The summed E-state index contributed by atoms with van der Waals surface area (Å²) in [5.74, 6) is -3.59. The number of alkyl halides is 4. The van der Waals surface area contributed by atoms with Gasteiger partial charge in [-0.2, -0.15) is 13.2 Å². The Morgan fingerprint density at radius 1 is 1.25 bits per heavy atom. The zero-order chi connectivity index (χ0) is 24.4. The quantitative estimate of drug-likeness (QED) is 0.191. The van der Waals surface area contributed by atoms with E-state index in [0.717, 1.165) is 6.07 Å². The molecule has 7 nitrogen and oxygen atoms in total. The molecular weight excluding hydrogens is 430 g/mol. The number of likely N-dealkylation sites (N-methyl/N-ethyl adjacent to an activating group) is 1. The van der Waals surface area contributed by atoms with E-state index in [4.69, 9.17) is 16.9 Å². The summed E-state index contributed by atoms with van der Waals surface area (Å²) < 4.78 is 56.4. The van der Waals surface area contributed by atoms with Crippen LogP contribution in [0.1, 0.15) is 49.0 Å². The van der Waals surface area contributed by atoms with Crippen molar-refractivity contribution in [3.8, 4) is 0 Å². The summed E-state index contributed by atoms with van der Waals surface area (Å²) in [5.41, 5.74) is 9.65. The molecule has 178 valence electrons. The first kappa shape index (κ1) is 25.6. The fourth-order valence-electron chi connectivity index (χ4n) is 3.94. The molecule has 11 heteroatoms. The van der Waals surface area contributed by atoms with Crippen molar-refractivity contribution < 1.29 is 27.5 Å². The van der Waals surface area contributed by atoms with Crippen molar-refractivity contribution in [1.29, 1.82) is 5.41 Å². The number of nitrogens with one attached hydrogen (secondary N) is 3. The third-order valence-electron chi connectivity index (χ3n) is 5.48. The van der Waals surface area contributed by atoms with Crippen LogP contribution in [0, 0.1) is 11.3 Å². The van der Waals surface area contributed by atoms with Gasteiger partial charge in [-0.15, -0.1) is 0 Å². The van der Waals surface area contributed by atoms with Crippen molar-refractivity contribution in [2.45, 2.75) is 50.7 Å². The van der Waals surface area contributed by atoms with Gasteiger partial charge in [-0.25, -0.2) is 4.39 Å². The number of hydrogen-bond acceptors (Lipinski definition) is 5. The second kappa shape index (κ2) is 9.86. The van der Waals surface area contributed by atoms with E-state index in [-0.39, 0.29) is 41.4 Å². The second-order valence-electron chi connectivity index (χ2n) is 8.15. The van der Waals surface area contributed by atoms with Crippen molar-refractivity contribution >= 4 is 11.7 Å². The highest BCUT2D eigenvalue weighted by atomic mass is 19.4. The lowest BCUT2D eigenvalue weighted by Crippen LogP contribution is -2.34. The largest absolute Gasteiger partial charge is 0.416 e. The summed E-state index contributed by atoms with van der Waals surface area (Å²) in [7, 11) is 1.47. The molecule has 1 aliphatic rings. The average molecular weight is 459 g/mol. The first-order chi connectivity index (χ1) is 14.8. The van der Waals surface area contributed by atoms with E-state index in [9.17, 15) is 23.1 Å². The molecule has 0 aliphatic heterocycles. The first-order valence-corrected chi connectivity index (χ1v) is 10.1. The number of carbonyl (C=O) groups is 1. The molecule has 0 aromatic heterocycles. The van der Waals surface area contributed by atoms with Gasteiger partial charge in [0.25, 0.3) is 0 Å². The zero-order valence-corrected chi connectivity index (χ0v) is 18.1. The van der Waals surface area contributed by atoms with Crippen LogP contribution < -0.4 is 22.1 Å². The number of amidine groups is 1. The number of hydrogen-bond donors (Lipinski definition) is 6. The highest BCUT2D eigenvalue weighted by molar-refractivity contribution is 5.96. The molecule has 0 saturated carbocycles. The number of halogens is 4. The number of aliphatic hydroxyl groups excluding tert-OH is 1. The lowest BCUT2D eigenvalue weighted by molar-refractivity contribution is -0.137. The molecule has 2 rings (SSSR count). The smallest absolute Gasteiger partial charge is 0.389 e. The number of aliphatic hydroxyl groups is 1. The molecule has 0 heterocycles. The van der Waals surface area contributed by atoms with Crippen LogP contribution in [0.25, 0.3) is 0 Å². The van der Waals surface area contributed by atoms with Gasteiger partial charge >= 0.3 is 6.18 Å². The molecule has 1 amide bonds. The molecule has 32 heavy (non-hydrogen) atoms. The highest BCUT2D eigenvalue weighted by Gasteiger charge is 2.41. The lowest BCUT2D eigenvalue weighted by atomic mass is 9.86. The van der Waals surface area contributed by atoms with E-state index in [1.165, 1.54) is 13.1 Å². The zero-order valence-electron chi connectivity index (χ0n) is 18.1. The summed E-state index contributed by atoms with van der Waals surface area (Å²) >= 11 is 0. The third-order valence-corrected chi connectivity index (χ3v) is 5.48. The van der Waals surface area contributed by atoms with Gasteiger partial charge < -0.3 is 27.2 Å². The molecule has 0 bridgehead atoms. The van der Waals surface area contributed by atoms with Gasteiger partial charge in [0, 0.05) is 36.8 Å². The van der Waals surface area contributed by atoms with E-state index >= 15 is 4.39 Å². The Morgan fingerprint density at radius 2 is 1.84 bits per heavy atom. The predicted octanol–water partition coefficient (Wildman–Crippen LogP) is 2.07. The maximum atomic E-state index is 15.6. The van der Waals surface area contributed by atoms with E-state index < -0.39 is 47.6 Å². The number of carbonyl (C=O) groups excluding carboxylic acids is 1. The fraction of sp³-hybridized carbons (Fsp3) is 0.524. The van der Waals surface area contributed by atoms with Gasteiger partial charge in [-0.1, -0.05) is 19.9 Å². The Balaban J connectivity index is 2.58. The average Bonchev–Trinajstić information content (AvgIpc) is 3.02. The molecule has 0 spiro atoms. The van der Waals surface area contributed by atoms with Gasteiger partial charge in [0.05, 0.1) is 17.6 Å². The van der Waals surface area contributed by atoms with Gasteiger partial charge in [-0.3, -0.25) is 10.2 Å². The summed E-state index contributed by atoms with van der Waals surface area (Å²) in [6, 6.07) is 2.58. The van der Waals surface area contributed by atoms with Crippen LogP contribution in [0.3, 0.4) is 0 Å². The monoisotopic (exact) mass is 459 g/mol. The van der Waals surface area contributed by atoms with E-state index in [1.54, 1.807) is 13.8 Å². The molecule has 8 N–H and O–H groups in total. The van der Waals surface area contributed by atoms with Crippen molar-refractivity contribution in [1.82, 2.24) is 10.6 Å². The summed E-state index contributed by atoms with van der Waals surface area (Å²) in [5, 5.41) is 23.6. The molecule has 2 unspecified atom stereocenters. The number of benzene rings is 1. The predicted molar refractivity (Wildman–Crippen MR) is 112 cm³/mol. The summed E-state index contributed by atoms with van der Waals surface area (Å²) in [6.45, 7) is 3.58. The minimum atomic E-state index is -4.79. The molecular formula is C21H29F4N5O2. The fourth-order valence-corrected chi connectivity index (χ4v) is 3.94. The Kier molecular flexibility index (Phi) is 7.89. The maximum Gasteiger partial charge on any atom is 0.416 e. The first-order valence-electron chi connectivity index (χ1n) is 10.1. The van der Waals surface area contributed by atoms with Crippen LogP contribution in [-0.2, 0) is 11.0 Å². The van der Waals surface area contributed by atoms with Crippen LogP contribution in [0.2, 0.25) is 0 Å². The molecule has 4 atom stereocenters. The van der Waals surface area contributed by atoms with Crippen LogP contribution in [0.5, 0.6) is 0 Å².